The molecule has 1 fully saturated rings. The number of carbonyl (C=O) groups is 3. The minimum absolute atomic E-state index is 0.0254. The number of anilines is 2. The minimum atomic E-state index is -0.258. The molecule has 31 heavy (non-hydrogen) atoms. The van der Waals surface area contributed by atoms with Crippen molar-refractivity contribution in [3.05, 3.63) is 59.7 Å². The summed E-state index contributed by atoms with van der Waals surface area (Å²) in [5.41, 5.74) is 2.27. The van der Waals surface area contributed by atoms with Crippen LogP contribution in [0.15, 0.2) is 48.5 Å². The van der Waals surface area contributed by atoms with Gasteiger partial charge in [0.2, 0.25) is 5.91 Å². The SMILES string of the molecule is CC(C)NC(=O)c1cccc(NC(=O)CNc2cccc(C(=O)N3CCOCC3)c2)c1. The van der Waals surface area contributed by atoms with Crippen LogP contribution in [0.4, 0.5) is 11.4 Å². The van der Waals surface area contributed by atoms with E-state index in [1.807, 2.05) is 13.8 Å². The highest BCUT2D eigenvalue weighted by Gasteiger charge is 2.18. The molecule has 0 radical (unpaired) electrons. The van der Waals surface area contributed by atoms with Crippen LogP contribution < -0.4 is 16.0 Å². The van der Waals surface area contributed by atoms with Crippen molar-refractivity contribution in [3.8, 4) is 0 Å². The van der Waals surface area contributed by atoms with E-state index in [4.69, 9.17) is 4.74 Å². The largest absolute Gasteiger partial charge is 0.378 e. The molecule has 2 aromatic carbocycles. The lowest BCUT2D eigenvalue weighted by molar-refractivity contribution is -0.114. The summed E-state index contributed by atoms with van der Waals surface area (Å²) in [6, 6.07) is 13.9. The van der Waals surface area contributed by atoms with E-state index in [2.05, 4.69) is 16.0 Å². The zero-order valence-corrected chi connectivity index (χ0v) is 17.8. The van der Waals surface area contributed by atoms with E-state index >= 15 is 0 Å². The highest BCUT2D eigenvalue weighted by molar-refractivity contribution is 5.98. The fraction of sp³-hybridized carbons (Fsp3) is 0.348. The number of benzene rings is 2. The number of hydrogen-bond donors (Lipinski definition) is 3. The van der Waals surface area contributed by atoms with Crippen LogP contribution in [0.1, 0.15) is 34.6 Å². The molecule has 0 aromatic heterocycles. The average molecular weight is 425 g/mol. The van der Waals surface area contributed by atoms with Crippen molar-refractivity contribution in [2.75, 3.05) is 43.5 Å². The third kappa shape index (κ3) is 6.55. The molecule has 1 saturated heterocycles. The lowest BCUT2D eigenvalue weighted by Crippen LogP contribution is -2.40. The predicted molar refractivity (Wildman–Crippen MR) is 119 cm³/mol. The first-order valence-corrected chi connectivity index (χ1v) is 10.3. The molecule has 0 unspecified atom stereocenters. The molecule has 3 amide bonds. The first kappa shape index (κ1) is 22.3. The fourth-order valence-corrected chi connectivity index (χ4v) is 3.18. The summed E-state index contributed by atoms with van der Waals surface area (Å²) >= 11 is 0. The summed E-state index contributed by atoms with van der Waals surface area (Å²) in [7, 11) is 0. The van der Waals surface area contributed by atoms with Gasteiger partial charge in [0, 0.05) is 41.6 Å². The van der Waals surface area contributed by atoms with Crippen molar-refractivity contribution in [1.82, 2.24) is 10.2 Å². The Morgan fingerprint density at radius 3 is 2.32 bits per heavy atom. The summed E-state index contributed by atoms with van der Waals surface area (Å²) in [6.07, 6.45) is 0. The summed E-state index contributed by atoms with van der Waals surface area (Å²) < 4.78 is 5.29. The van der Waals surface area contributed by atoms with E-state index < -0.39 is 0 Å². The topological polar surface area (TPSA) is 99.8 Å². The number of amides is 3. The second kappa shape index (κ2) is 10.6. The lowest BCUT2D eigenvalue weighted by atomic mass is 10.1. The summed E-state index contributed by atoms with van der Waals surface area (Å²) in [5, 5.41) is 8.64. The molecule has 0 saturated carbocycles. The molecule has 164 valence electrons. The number of nitrogens with zero attached hydrogens (tertiary/aromatic N) is 1. The third-order valence-corrected chi connectivity index (χ3v) is 4.69. The van der Waals surface area contributed by atoms with Gasteiger partial charge in [-0.05, 0) is 50.2 Å². The van der Waals surface area contributed by atoms with Crippen molar-refractivity contribution < 1.29 is 19.1 Å². The molecule has 8 heteroatoms. The summed E-state index contributed by atoms with van der Waals surface area (Å²) in [5.74, 6) is -0.495. The normalized spacial score (nSPS) is 13.6. The zero-order valence-electron chi connectivity index (χ0n) is 17.8. The van der Waals surface area contributed by atoms with Gasteiger partial charge in [-0.3, -0.25) is 14.4 Å². The maximum absolute atomic E-state index is 12.6. The quantitative estimate of drug-likeness (QED) is 0.634. The fourth-order valence-electron chi connectivity index (χ4n) is 3.18. The molecule has 1 aliphatic heterocycles. The van der Waals surface area contributed by atoms with Crippen LogP contribution in [0.3, 0.4) is 0 Å². The molecule has 1 aliphatic rings. The van der Waals surface area contributed by atoms with Crippen LogP contribution in [-0.2, 0) is 9.53 Å². The molecule has 0 spiro atoms. The van der Waals surface area contributed by atoms with Gasteiger partial charge in [0.25, 0.3) is 11.8 Å². The molecule has 0 aliphatic carbocycles. The van der Waals surface area contributed by atoms with Gasteiger partial charge < -0.3 is 25.6 Å². The first-order chi connectivity index (χ1) is 14.9. The van der Waals surface area contributed by atoms with Gasteiger partial charge in [-0.15, -0.1) is 0 Å². The van der Waals surface area contributed by atoms with Gasteiger partial charge in [0.05, 0.1) is 19.8 Å². The molecule has 0 bridgehead atoms. The Kier molecular flexibility index (Phi) is 7.61. The van der Waals surface area contributed by atoms with Crippen molar-refractivity contribution in [2.45, 2.75) is 19.9 Å². The smallest absolute Gasteiger partial charge is 0.254 e. The summed E-state index contributed by atoms with van der Waals surface area (Å²) in [4.78, 5) is 38.9. The molecule has 3 rings (SSSR count). The van der Waals surface area contributed by atoms with Crippen LogP contribution >= 0.6 is 0 Å². The number of rotatable bonds is 7. The van der Waals surface area contributed by atoms with Crippen molar-refractivity contribution in [3.63, 3.8) is 0 Å². The van der Waals surface area contributed by atoms with Gasteiger partial charge in [0.15, 0.2) is 0 Å². The maximum Gasteiger partial charge on any atom is 0.254 e. The molecule has 1 heterocycles. The zero-order chi connectivity index (χ0) is 22.2. The van der Waals surface area contributed by atoms with Gasteiger partial charge in [-0.2, -0.15) is 0 Å². The van der Waals surface area contributed by atoms with Gasteiger partial charge in [-0.25, -0.2) is 0 Å². The van der Waals surface area contributed by atoms with Crippen LogP contribution in [0.5, 0.6) is 0 Å². The second-order valence-corrected chi connectivity index (χ2v) is 7.60. The molecular formula is C23H28N4O4. The molecule has 3 N–H and O–H groups in total. The number of hydrogen-bond acceptors (Lipinski definition) is 5. The van der Waals surface area contributed by atoms with Crippen LogP contribution in [0, 0.1) is 0 Å². The van der Waals surface area contributed by atoms with Crippen LogP contribution in [0.2, 0.25) is 0 Å². The highest BCUT2D eigenvalue weighted by atomic mass is 16.5. The third-order valence-electron chi connectivity index (χ3n) is 4.69. The molecule has 8 nitrogen and oxygen atoms in total. The van der Waals surface area contributed by atoms with E-state index in [-0.39, 0.29) is 30.3 Å². The number of nitrogens with one attached hydrogen (secondary N) is 3. The van der Waals surface area contributed by atoms with Gasteiger partial charge >= 0.3 is 0 Å². The van der Waals surface area contributed by atoms with E-state index in [1.165, 1.54) is 0 Å². The van der Waals surface area contributed by atoms with Gasteiger partial charge in [-0.1, -0.05) is 12.1 Å². The standard InChI is InChI=1S/C23H28N4O4/c1-16(2)25-22(29)17-5-3-8-20(13-17)26-21(28)15-24-19-7-4-6-18(14-19)23(30)27-9-11-31-12-10-27/h3-8,13-14,16,24H,9-12,15H2,1-2H3,(H,25,29)(H,26,28). The second-order valence-electron chi connectivity index (χ2n) is 7.60. The van der Waals surface area contributed by atoms with Crippen molar-refractivity contribution >= 4 is 29.1 Å². The Labute approximate surface area is 182 Å². The lowest BCUT2D eigenvalue weighted by Gasteiger charge is -2.27. The molecule has 0 atom stereocenters. The summed E-state index contributed by atoms with van der Waals surface area (Å²) in [6.45, 7) is 6.05. The number of carbonyl (C=O) groups excluding carboxylic acids is 3. The Morgan fingerprint density at radius 2 is 1.61 bits per heavy atom. The molecule has 2 aromatic rings. The maximum atomic E-state index is 12.6. The van der Waals surface area contributed by atoms with Crippen LogP contribution in [0.25, 0.3) is 0 Å². The van der Waals surface area contributed by atoms with E-state index in [0.29, 0.717) is 48.8 Å². The first-order valence-electron chi connectivity index (χ1n) is 10.3. The number of ether oxygens (including phenoxy) is 1. The Morgan fingerprint density at radius 1 is 0.968 bits per heavy atom. The average Bonchev–Trinajstić information content (AvgIpc) is 2.78. The molecular weight excluding hydrogens is 396 g/mol. The van der Waals surface area contributed by atoms with Crippen molar-refractivity contribution in [1.29, 1.82) is 0 Å². The van der Waals surface area contributed by atoms with E-state index in [9.17, 15) is 14.4 Å². The monoisotopic (exact) mass is 424 g/mol. The van der Waals surface area contributed by atoms with E-state index in [1.54, 1.807) is 53.4 Å². The van der Waals surface area contributed by atoms with E-state index in [0.717, 1.165) is 0 Å². The Balaban J connectivity index is 1.55. The Bertz CT molecular complexity index is 939. The predicted octanol–water partition coefficient (Wildman–Crippen LogP) is 2.35. The minimum Gasteiger partial charge on any atom is -0.378 e. The van der Waals surface area contributed by atoms with Crippen LogP contribution in [-0.4, -0.2) is 61.5 Å². The van der Waals surface area contributed by atoms with Gasteiger partial charge in [0.1, 0.15) is 0 Å². The highest BCUT2D eigenvalue weighted by Crippen LogP contribution is 2.14. The Hall–Kier alpha value is -3.39. The van der Waals surface area contributed by atoms with Crippen molar-refractivity contribution in [2.24, 2.45) is 0 Å². The number of morpholine rings is 1.